The van der Waals surface area contributed by atoms with Crippen molar-refractivity contribution >= 4 is 51.4 Å². The molecule has 1 amide bonds. The van der Waals surface area contributed by atoms with E-state index in [1.807, 2.05) is 36.4 Å². The first-order chi connectivity index (χ1) is 10.8. The Labute approximate surface area is 137 Å². The second kappa shape index (κ2) is 5.34. The molecule has 0 radical (unpaired) electrons. The van der Waals surface area contributed by atoms with Gasteiger partial charge in [0, 0.05) is 9.79 Å². The number of halogens is 1. The lowest BCUT2D eigenvalue weighted by molar-refractivity contribution is -0.115. The summed E-state index contributed by atoms with van der Waals surface area (Å²) >= 11 is 7.53. The smallest absolute Gasteiger partial charge is 0.246 e. The standard InChI is InChI=1S/C18H12ClNOS/c19-11-18(21)20-14-7-3-4-8-16(14)22-17-10-13-6-2-1-5-12(13)9-15(17)20/h1-10H,11H2. The Morgan fingerprint density at radius 3 is 2.36 bits per heavy atom. The first kappa shape index (κ1) is 13.7. The van der Waals surface area contributed by atoms with Crippen LogP contribution >= 0.6 is 23.4 Å². The second-order valence-electron chi connectivity index (χ2n) is 5.10. The molecule has 0 N–H and O–H groups in total. The number of para-hydroxylation sites is 1. The quantitative estimate of drug-likeness (QED) is 0.572. The number of carbonyl (C=O) groups excluding carboxylic acids is 1. The van der Waals surface area contributed by atoms with Crippen LogP contribution in [0.5, 0.6) is 0 Å². The van der Waals surface area contributed by atoms with Gasteiger partial charge in [-0.15, -0.1) is 11.6 Å². The van der Waals surface area contributed by atoms with E-state index in [2.05, 4.69) is 24.3 Å². The van der Waals surface area contributed by atoms with Crippen LogP contribution in [-0.4, -0.2) is 11.8 Å². The summed E-state index contributed by atoms with van der Waals surface area (Å²) in [5.41, 5.74) is 1.81. The summed E-state index contributed by atoms with van der Waals surface area (Å²) < 4.78 is 0. The highest BCUT2D eigenvalue weighted by molar-refractivity contribution is 7.99. The number of hydrogen-bond acceptors (Lipinski definition) is 2. The van der Waals surface area contributed by atoms with Crippen LogP contribution in [0.1, 0.15) is 0 Å². The minimum Gasteiger partial charge on any atom is -0.278 e. The Balaban J connectivity index is 1.99. The third-order valence-corrected chi connectivity index (χ3v) is 5.10. The van der Waals surface area contributed by atoms with Crippen molar-refractivity contribution in [2.45, 2.75) is 9.79 Å². The Hall–Kier alpha value is -1.97. The first-order valence-electron chi connectivity index (χ1n) is 6.96. The normalized spacial score (nSPS) is 12.9. The van der Waals surface area contributed by atoms with E-state index in [1.165, 1.54) is 5.39 Å². The molecule has 1 aliphatic rings. The highest BCUT2D eigenvalue weighted by atomic mass is 35.5. The van der Waals surface area contributed by atoms with Crippen LogP contribution in [0.4, 0.5) is 11.4 Å². The van der Waals surface area contributed by atoms with Crippen molar-refractivity contribution in [1.29, 1.82) is 0 Å². The van der Waals surface area contributed by atoms with Crippen molar-refractivity contribution in [1.82, 2.24) is 0 Å². The maximum absolute atomic E-state index is 12.4. The summed E-state index contributed by atoms with van der Waals surface area (Å²) in [6, 6.07) is 20.3. The van der Waals surface area contributed by atoms with Gasteiger partial charge in [-0.1, -0.05) is 48.2 Å². The van der Waals surface area contributed by atoms with Gasteiger partial charge in [0.15, 0.2) is 0 Å². The molecule has 2 nitrogen and oxygen atoms in total. The topological polar surface area (TPSA) is 20.3 Å². The molecule has 3 aromatic carbocycles. The van der Waals surface area contributed by atoms with Crippen molar-refractivity contribution in [3.05, 3.63) is 60.7 Å². The van der Waals surface area contributed by atoms with E-state index >= 15 is 0 Å². The number of rotatable bonds is 1. The zero-order chi connectivity index (χ0) is 15.1. The molecule has 0 bridgehead atoms. The maximum atomic E-state index is 12.4. The molecular weight excluding hydrogens is 314 g/mol. The van der Waals surface area contributed by atoms with Crippen molar-refractivity contribution in [2.75, 3.05) is 10.8 Å². The molecule has 0 atom stereocenters. The lowest BCUT2D eigenvalue weighted by Crippen LogP contribution is -2.29. The van der Waals surface area contributed by atoms with Gasteiger partial charge in [-0.25, -0.2) is 0 Å². The van der Waals surface area contributed by atoms with Crippen molar-refractivity contribution < 1.29 is 4.79 Å². The summed E-state index contributed by atoms with van der Waals surface area (Å²) in [5.74, 6) is -0.142. The number of nitrogens with zero attached hydrogens (tertiary/aromatic N) is 1. The largest absolute Gasteiger partial charge is 0.278 e. The van der Waals surface area contributed by atoms with E-state index in [0.717, 1.165) is 26.6 Å². The van der Waals surface area contributed by atoms with Crippen LogP contribution in [0, 0.1) is 0 Å². The second-order valence-corrected chi connectivity index (χ2v) is 6.45. The minimum atomic E-state index is -0.106. The highest BCUT2D eigenvalue weighted by Crippen LogP contribution is 2.49. The van der Waals surface area contributed by atoms with Gasteiger partial charge in [0.05, 0.1) is 11.4 Å². The molecule has 1 heterocycles. The molecule has 0 unspecified atom stereocenters. The average molecular weight is 326 g/mol. The van der Waals surface area contributed by atoms with E-state index < -0.39 is 0 Å². The molecule has 22 heavy (non-hydrogen) atoms. The van der Waals surface area contributed by atoms with E-state index in [1.54, 1.807) is 16.7 Å². The monoisotopic (exact) mass is 325 g/mol. The Morgan fingerprint density at radius 1 is 0.909 bits per heavy atom. The Morgan fingerprint density at radius 2 is 1.59 bits per heavy atom. The molecule has 1 aliphatic heterocycles. The Kier molecular flexibility index (Phi) is 3.32. The predicted octanol–water partition coefficient (Wildman–Crippen LogP) is 5.21. The molecule has 0 aromatic heterocycles. The zero-order valence-corrected chi connectivity index (χ0v) is 13.2. The number of hydrogen-bond donors (Lipinski definition) is 0. The molecule has 108 valence electrons. The van der Waals surface area contributed by atoms with Gasteiger partial charge in [-0.3, -0.25) is 9.69 Å². The molecule has 0 aliphatic carbocycles. The lowest BCUT2D eigenvalue weighted by Gasteiger charge is -2.31. The van der Waals surface area contributed by atoms with Crippen LogP contribution < -0.4 is 4.90 Å². The van der Waals surface area contributed by atoms with E-state index in [9.17, 15) is 4.79 Å². The summed E-state index contributed by atoms with van der Waals surface area (Å²) in [5, 5.41) is 2.29. The summed E-state index contributed by atoms with van der Waals surface area (Å²) in [4.78, 5) is 16.3. The summed E-state index contributed by atoms with van der Waals surface area (Å²) in [6.45, 7) is 0. The van der Waals surface area contributed by atoms with Gasteiger partial charge in [0.2, 0.25) is 5.91 Å². The number of anilines is 2. The summed E-state index contributed by atoms with van der Waals surface area (Å²) in [6.07, 6.45) is 0. The fourth-order valence-corrected chi connectivity index (χ4v) is 3.98. The molecule has 3 aromatic rings. The molecule has 0 saturated carbocycles. The number of amides is 1. The van der Waals surface area contributed by atoms with Crippen LogP contribution in [0.25, 0.3) is 10.8 Å². The predicted molar refractivity (Wildman–Crippen MR) is 92.4 cm³/mol. The summed E-state index contributed by atoms with van der Waals surface area (Å²) in [7, 11) is 0. The van der Waals surface area contributed by atoms with Crippen LogP contribution in [0.3, 0.4) is 0 Å². The molecule has 0 saturated heterocycles. The molecule has 0 spiro atoms. The maximum Gasteiger partial charge on any atom is 0.246 e. The van der Waals surface area contributed by atoms with Crippen LogP contribution in [0.2, 0.25) is 0 Å². The van der Waals surface area contributed by atoms with Gasteiger partial charge in [0.1, 0.15) is 5.88 Å². The third kappa shape index (κ3) is 2.09. The van der Waals surface area contributed by atoms with Gasteiger partial charge < -0.3 is 0 Å². The Bertz CT molecular complexity index is 893. The molecule has 4 heteroatoms. The van der Waals surface area contributed by atoms with E-state index in [4.69, 9.17) is 11.6 Å². The van der Waals surface area contributed by atoms with Gasteiger partial charge in [-0.2, -0.15) is 0 Å². The van der Waals surface area contributed by atoms with Gasteiger partial charge in [0.25, 0.3) is 0 Å². The number of carbonyl (C=O) groups is 1. The highest BCUT2D eigenvalue weighted by Gasteiger charge is 2.27. The lowest BCUT2D eigenvalue weighted by atomic mass is 10.1. The van der Waals surface area contributed by atoms with Crippen molar-refractivity contribution in [3.8, 4) is 0 Å². The molecule has 4 rings (SSSR count). The molecular formula is C18H12ClNOS. The average Bonchev–Trinajstić information content (AvgIpc) is 2.57. The first-order valence-corrected chi connectivity index (χ1v) is 8.31. The SMILES string of the molecule is O=C(CCl)N1c2ccccc2Sc2cc3ccccc3cc21. The number of alkyl halides is 1. The minimum absolute atomic E-state index is 0.0364. The fourth-order valence-electron chi connectivity index (χ4n) is 2.77. The van der Waals surface area contributed by atoms with Crippen molar-refractivity contribution in [2.24, 2.45) is 0 Å². The van der Waals surface area contributed by atoms with Gasteiger partial charge >= 0.3 is 0 Å². The zero-order valence-electron chi connectivity index (χ0n) is 11.6. The van der Waals surface area contributed by atoms with Crippen LogP contribution in [0.15, 0.2) is 70.5 Å². The van der Waals surface area contributed by atoms with Gasteiger partial charge in [-0.05, 0) is 35.0 Å². The number of fused-ring (bicyclic) bond motifs is 3. The third-order valence-electron chi connectivity index (χ3n) is 3.76. The van der Waals surface area contributed by atoms with Crippen molar-refractivity contribution in [3.63, 3.8) is 0 Å². The van der Waals surface area contributed by atoms with E-state index in [0.29, 0.717) is 0 Å². The van der Waals surface area contributed by atoms with E-state index in [-0.39, 0.29) is 11.8 Å². The number of benzene rings is 3. The molecule has 0 fully saturated rings. The fraction of sp³-hybridized carbons (Fsp3) is 0.0556. The van der Waals surface area contributed by atoms with Crippen LogP contribution in [-0.2, 0) is 4.79 Å².